The van der Waals surface area contributed by atoms with Crippen LogP contribution in [-0.2, 0) is 10.0 Å². The summed E-state index contributed by atoms with van der Waals surface area (Å²) in [5.74, 6) is 0. The fourth-order valence-corrected chi connectivity index (χ4v) is 1.98. The molecule has 0 fully saturated rings. The van der Waals surface area contributed by atoms with Crippen molar-refractivity contribution in [2.24, 2.45) is 0 Å². The van der Waals surface area contributed by atoms with Crippen LogP contribution in [-0.4, -0.2) is 8.42 Å². The first-order chi connectivity index (χ1) is 5.58. The zero-order valence-electron chi connectivity index (χ0n) is 6.74. The van der Waals surface area contributed by atoms with E-state index in [4.69, 9.17) is 23.4 Å². The Morgan fingerprint density at radius 3 is 2.23 bits per heavy atom. The molecule has 0 bridgehead atoms. The third-order valence-corrected chi connectivity index (χ3v) is 3.29. The minimum Gasteiger partial charge on any atom is -0.458 e. The predicted molar refractivity (Wildman–Crippen MR) is 47.8 cm³/mol. The molecule has 0 unspecified atom stereocenters. The van der Waals surface area contributed by atoms with Gasteiger partial charge in [0.25, 0.3) is 0 Å². The summed E-state index contributed by atoms with van der Waals surface area (Å²) < 4.78 is 24.8. The molecule has 66 valence electrons. The van der Waals surface area contributed by atoms with Gasteiger partial charge in [0.1, 0.15) is 10.0 Å². The van der Waals surface area contributed by atoms with Crippen molar-refractivity contribution in [1.82, 2.24) is 0 Å². The molecule has 3 nitrogen and oxygen atoms in total. The van der Waals surface area contributed by atoms with Crippen LogP contribution in [0.15, 0.2) is 29.2 Å². The third-order valence-electron chi connectivity index (χ3n) is 1.21. The van der Waals surface area contributed by atoms with E-state index in [-0.39, 0.29) is 61.3 Å². The van der Waals surface area contributed by atoms with E-state index in [1.54, 1.807) is 12.1 Å². The Hall–Kier alpha value is 1.35. The maximum atomic E-state index is 11.0. The fraction of sp³-hybridized carbons (Fsp3) is 0. The van der Waals surface area contributed by atoms with Crippen LogP contribution in [0.5, 0.6) is 0 Å². The van der Waals surface area contributed by atoms with E-state index >= 15 is 0 Å². The first kappa shape index (κ1) is 14.3. The average molecular weight is 264 g/mol. The van der Waals surface area contributed by atoms with Crippen molar-refractivity contribution in [3.63, 3.8) is 0 Å². The van der Waals surface area contributed by atoms with Crippen molar-refractivity contribution in [3.8, 4) is 0 Å². The zero-order valence-corrected chi connectivity index (χ0v) is 12.2. The van der Waals surface area contributed by atoms with E-state index < -0.39 is 10.0 Å². The first-order valence-electron chi connectivity index (χ1n) is 2.91. The molecule has 0 aliphatic carbocycles. The van der Waals surface area contributed by atoms with Gasteiger partial charge in [0.05, 0.1) is 9.92 Å². The molecule has 0 aromatic heterocycles. The molecule has 0 aliphatic heterocycles. The number of nitrogens with zero attached hydrogens (tertiary/aromatic N) is 1. The Kier molecular flexibility index (Phi) is 6.67. The van der Waals surface area contributed by atoms with E-state index in [1.165, 1.54) is 12.1 Å². The second-order valence-electron chi connectivity index (χ2n) is 1.97. The summed E-state index contributed by atoms with van der Waals surface area (Å²) in [4.78, 5) is -0.0818. The predicted octanol–water partition coefficient (Wildman–Crippen LogP) is -0.440. The van der Waals surface area contributed by atoms with Crippen molar-refractivity contribution in [2.45, 2.75) is 4.90 Å². The molecule has 0 spiro atoms. The molecule has 1 rings (SSSR count). The van der Waals surface area contributed by atoms with Gasteiger partial charge in [-0.3, -0.25) is 11.8 Å². The van der Waals surface area contributed by atoms with Crippen LogP contribution in [0.25, 0.3) is 4.24 Å². The monoisotopic (exact) mass is 263 g/mol. The van der Waals surface area contributed by atoms with Crippen LogP contribution in [0.3, 0.4) is 0 Å². The molecule has 0 radical (unpaired) electrons. The summed E-state index contributed by atoms with van der Waals surface area (Å²) in [5, 5.41) is 0.113. The molecule has 13 heavy (non-hydrogen) atoms. The summed E-state index contributed by atoms with van der Waals surface area (Å²) in [6, 6.07) is 5.95. The quantitative estimate of drug-likeness (QED) is 0.680. The van der Waals surface area contributed by atoms with Gasteiger partial charge < -0.3 is 4.24 Å². The molecule has 1 aromatic carbocycles. The van der Waals surface area contributed by atoms with Gasteiger partial charge in [0, 0.05) is 0 Å². The van der Waals surface area contributed by atoms with E-state index in [9.17, 15) is 8.42 Å². The van der Waals surface area contributed by atoms with Crippen LogP contribution in [0, 0.1) is 0 Å². The van der Waals surface area contributed by atoms with Crippen LogP contribution in [0.1, 0.15) is 0 Å². The Labute approximate surface area is 129 Å². The van der Waals surface area contributed by atoms with Gasteiger partial charge in [-0.2, -0.15) is 0 Å². The van der Waals surface area contributed by atoms with Gasteiger partial charge in [-0.15, -0.1) is 0 Å². The standard InChI is InChI=1S/C6H4Cl2NO2S.K/c7-5-3-1-2-4-6(5)12(10,11)9-8;/h1-4H;/q-1;+1. The summed E-state index contributed by atoms with van der Waals surface area (Å²) in [5.41, 5.74) is 0. The van der Waals surface area contributed by atoms with Gasteiger partial charge in [-0.1, -0.05) is 23.7 Å². The number of sulfonamides is 1. The Balaban J connectivity index is 0.00000144. The molecule has 0 atom stereocenters. The topological polar surface area (TPSA) is 48.2 Å². The average Bonchev–Trinajstić information content (AvgIpc) is 2.05. The maximum absolute atomic E-state index is 11.0. The molecule has 0 aliphatic rings. The molecular formula is C6H4Cl2KNO2S. The maximum Gasteiger partial charge on any atom is 1.00 e. The van der Waals surface area contributed by atoms with Crippen molar-refractivity contribution in [2.75, 3.05) is 0 Å². The van der Waals surface area contributed by atoms with Gasteiger partial charge in [-0.25, -0.2) is 8.42 Å². The van der Waals surface area contributed by atoms with Crippen LogP contribution >= 0.6 is 23.4 Å². The van der Waals surface area contributed by atoms with Crippen molar-refractivity contribution < 1.29 is 59.8 Å². The Morgan fingerprint density at radius 1 is 1.23 bits per heavy atom. The molecule has 7 heteroatoms. The van der Waals surface area contributed by atoms with Gasteiger partial charge in [0.15, 0.2) is 0 Å². The van der Waals surface area contributed by atoms with Gasteiger partial charge in [0.2, 0.25) is 0 Å². The summed E-state index contributed by atoms with van der Waals surface area (Å²) in [6.45, 7) is 0. The van der Waals surface area contributed by atoms with Gasteiger partial charge >= 0.3 is 51.4 Å². The minimum absolute atomic E-state index is 0. The molecule has 0 heterocycles. The Morgan fingerprint density at radius 2 is 1.77 bits per heavy atom. The van der Waals surface area contributed by atoms with E-state index in [0.29, 0.717) is 0 Å². The molecule has 0 amide bonds. The van der Waals surface area contributed by atoms with Crippen molar-refractivity contribution in [1.29, 1.82) is 0 Å². The molecule has 0 saturated heterocycles. The van der Waals surface area contributed by atoms with Crippen LogP contribution in [0.2, 0.25) is 5.02 Å². The van der Waals surface area contributed by atoms with E-state index in [2.05, 4.69) is 4.24 Å². The molecular weight excluding hydrogens is 260 g/mol. The summed E-state index contributed by atoms with van der Waals surface area (Å²) >= 11 is 10.5. The smallest absolute Gasteiger partial charge is 0.458 e. The van der Waals surface area contributed by atoms with Gasteiger partial charge in [-0.05, 0) is 12.1 Å². The number of hydrogen-bond donors (Lipinski definition) is 0. The summed E-state index contributed by atoms with van der Waals surface area (Å²) in [7, 11) is -3.77. The first-order valence-corrected chi connectivity index (χ1v) is 5.06. The second-order valence-corrected chi connectivity index (χ2v) is 4.32. The molecule has 1 aromatic rings. The normalized spacial score (nSPS) is 10.6. The number of benzene rings is 1. The third kappa shape index (κ3) is 3.77. The molecule has 0 saturated carbocycles. The second kappa shape index (κ2) is 6.04. The largest absolute Gasteiger partial charge is 1.00 e. The SMILES string of the molecule is O=S(=O)([N-]Cl)c1ccccc1Cl.[K+]. The fourth-order valence-electron chi connectivity index (χ4n) is 0.691. The minimum atomic E-state index is -3.77. The summed E-state index contributed by atoms with van der Waals surface area (Å²) in [6.07, 6.45) is 0. The molecule has 0 N–H and O–H groups in total. The van der Waals surface area contributed by atoms with Crippen LogP contribution in [0.4, 0.5) is 0 Å². The Bertz CT molecular complexity index is 382. The number of rotatable bonds is 2. The van der Waals surface area contributed by atoms with Crippen LogP contribution < -0.4 is 51.4 Å². The van der Waals surface area contributed by atoms with E-state index in [1.807, 2.05) is 0 Å². The van der Waals surface area contributed by atoms with Crippen molar-refractivity contribution >= 4 is 33.4 Å². The van der Waals surface area contributed by atoms with Crippen molar-refractivity contribution in [3.05, 3.63) is 33.5 Å². The van der Waals surface area contributed by atoms with E-state index in [0.717, 1.165) is 0 Å². The number of halogens is 2. The zero-order chi connectivity index (χ0) is 9.19. The number of hydrogen-bond acceptors (Lipinski definition) is 2.